The number of fused-ring (bicyclic) bond motifs is 1. The second kappa shape index (κ2) is 4.32. The highest BCUT2D eigenvalue weighted by molar-refractivity contribution is 6.18. The number of rotatable bonds is 4. The van der Waals surface area contributed by atoms with Gasteiger partial charge in [0.05, 0.1) is 0 Å². The summed E-state index contributed by atoms with van der Waals surface area (Å²) in [5.41, 5.74) is 0. The summed E-state index contributed by atoms with van der Waals surface area (Å²) < 4.78 is 0. The molecule has 2 aliphatic rings. The van der Waals surface area contributed by atoms with E-state index in [0.29, 0.717) is 17.7 Å². The van der Waals surface area contributed by atoms with Gasteiger partial charge in [-0.25, -0.2) is 0 Å². The van der Waals surface area contributed by atoms with Crippen molar-refractivity contribution >= 4 is 17.5 Å². The summed E-state index contributed by atoms with van der Waals surface area (Å²) >= 11 is 5.77. The van der Waals surface area contributed by atoms with E-state index in [9.17, 15) is 4.79 Å². The highest BCUT2D eigenvalue weighted by atomic mass is 35.5. The average Bonchev–Trinajstić information content (AvgIpc) is 2.84. The van der Waals surface area contributed by atoms with Crippen LogP contribution in [0, 0.1) is 23.7 Å². The van der Waals surface area contributed by atoms with Gasteiger partial charge in [-0.3, -0.25) is 4.79 Å². The number of hydrogen-bond acceptors (Lipinski definition) is 1. The van der Waals surface area contributed by atoms with E-state index in [1.807, 2.05) is 6.92 Å². The number of nitrogens with one attached hydrogen (secondary N) is 1. The van der Waals surface area contributed by atoms with Gasteiger partial charge < -0.3 is 5.32 Å². The lowest BCUT2D eigenvalue weighted by molar-refractivity contribution is -0.126. The first kappa shape index (κ1) is 11.3. The molecule has 0 radical (unpaired) electrons. The molecule has 2 aliphatic carbocycles. The zero-order valence-corrected chi connectivity index (χ0v) is 10.3. The molecule has 0 saturated heterocycles. The lowest BCUT2D eigenvalue weighted by Gasteiger charge is -2.21. The van der Waals surface area contributed by atoms with Crippen molar-refractivity contribution in [1.29, 1.82) is 0 Å². The minimum Gasteiger partial charge on any atom is -0.353 e. The molecule has 15 heavy (non-hydrogen) atoms. The minimum absolute atomic E-state index is 0.201. The van der Waals surface area contributed by atoms with Gasteiger partial charge in [-0.2, -0.15) is 0 Å². The van der Waals surface area contributed by atoms with Crippen LogP contribution >= 0.6 is 11.6 Å². The molecule has 0 bridgehead atoms. The maximum atomic E-state index is 11.9. The maximum Gasteiger partial charge on any atom is 0.223 e. The van der Waals surface area contributed by atoms with Gasteiger partial charge in [-0.05, 0) is 43.9 Å². The standard InChI is InChI=1S/C12H20ClNO/c1-7(6-13)8(2)14-12(15)11-4-9-3-10(9)5-11/h7-11H,3-6H2,1-2H3,(H,14,15). The molecule has 0 heterocycles. The van der Waals surface area contributed by atoms with E-state index in [4.69, 9.17) is 11.6 Å². The van der Waals surface area contributed by atoms with E-state index in [2.05, 4.69) is 12.2 Å². The predicted octanol–water partition coefficient (Wildman–Crippen LogP) is 2.41. The number of amides is 1. The monoisotopic (exact) mass is 229 g/mol. The summed E-state index contributed by atoms with van der Waals surface area (Å²) in [6.45, 7) is 4.12. The molecule has 86 valence electrons. The molecule has 2 fully saturated rings. The van der Waals surface area contributed by atoms with Crippen LogP contribution in [0.5, 0.6) is 0 Å². The summed E-state index contributed by atoms with van der Waals surface area (Å²) in [7, 11) is 0. The second-order valence-corrected chi connectivity index (χ2v) is 5.66. The molecule has 0 spiro atoms. The Labute approximate surface area is 96.8 Å². The number of carbonyl (C=O) groups excluding carboxylic acids is 1. The van der Waals surface area contributed by atoms with Crippen LogP contribution < -0.4 is 5.32 Å². The largest absolute Gasteiger partial charge is 0.353 e. The van der Waals surface area contributed by atoms with Crippen molar-refractivity contribution in [1.82, 2.24) is 5.32 Å². The topological polar surface area (TPSA) is 29.1 Å². The van der Waals surface area contributed by atoms with Crippen molar-refractivity contribution in [3.63, 3.8) is 0 Å². The van der Waals surface area contributed by atoms with Crippen LogP contribution in [-0.4, -0.2) is 17.8 Å². The van der Waals surface area contributed by atoms with Gasteiger partial charge in [-0.15, -0.1) is 11.6 Å². The number of halogens is 1. The third kappa shape index (κ3) is 2.47. The Morgan fingerprint density at radius 2 is 1.93 bits per heavy atom. The molecule has 4 unspecified atom stereocenters. The van der Waals surface area contributed by atoms with Gasteiger partial charge in [0.25, 0.3) is 0 Å². The molecule has 0 aromatic rings. The fourth-order valence-electron chi connectivity index (χ4n) is 2.55. The molecule has 0 aromatic heterocycles. The molecular formula is C12H20ClNO. The van der Waals surface area contributed by atoms with Crippen molar-refractivity contribution in [2.24, 2.45) is 23.7 Å². The Bertz CT molecular complexity index is 246. The van der Waals surface area contributed by atoms with Gasteiger partial charge in [0.15, 0.2) is 0 Å². The first-order chi connectivity index (χ1) is 7.11. The molecule has 0 aliphatic heterocycles. The van der Waals surface area contributed by atoms with Gasteiger partial charge in [-0.1, -0.05) is 6.92 Å². The number of alkyl halides is 1. The fourth-order valence-corrected chi connectivity index (χ4v) is 2.81. The van der Waals surface area contributed by atoms with Crippen molar-refractivity contribution in [3.8, 4) is 0 Å². The van der Waals surface area contributed by atoms with Crippen LogP contribution in [-0.2, 0) is 4.79 Å². The van der Waals surface area contributed by atoms with Crippen LogP contribution in [0.2, 0.25) is 0 Å². The number of hydrogen-bond donors (Lipinski definition) is 1. The van der Waals surface area contributed by atoms with Crippen LogP contribution in [0.25, 0.3) is 0 Å². The van der Waals surface area contributed by atoms with E-state index in [1.54, 1.807) is 0 Å². The molecule has 2 nitrogen and oxygen atoms in total. The molecule has 0 aromatic carbocycles. The Hall–Kier alpha value is -0.240. The minimum atomic E-state index is 0.201. The quantitative estimate of drug-likeness (QED) is 0.737. The van der Waals surface area contributed by atoms with Gasteiger partial charge >= 0.3 is 0 Å². The Balaban J connectivity index is 1.76. The van der Waals surface area contributed by atoms with E-state index >= 15 is 0 Å². The van der Waals surface area contributed by atoms with Crippen LogP contribution in [0.15, 0.2) is 0 Å². The summed E-state index contributed by atoms with van der Waals surface area (Å²) in [6.07, 6.45) is 3.62. The summed E-state index contributed by atoms with van der Waals surface area (Å²) in [6, 6.07) is 0.201. The SMILES string of the molecule is CC(CCl)C(C)NC(=O)C1CC2CC2C1. The first-order valence-electron chi connectivity index (χ1n) is 5.98. The van der Waals surface area contributed by atoms with Crippen molar-refractivity contribution in [2.75, 3.05) is 5.88 Å². The highest BCUT2D eigenvalue weighted by Gasteiger charge is 2.48. The van der Waals surface area contributed by atoms with E-state index in [1.165, 1.54) is 6.42 Å². The van der Waals surface area contributed by atoms with Crippen molar-refractivity contribution < 1.29 is 4.79 Å². The lowest BCUT2D eigenvalue weighted by Crippen LogP contribution is -2.40. The molecule has 1 amide bonds. The molecular weight excluding hydrogens is 210 g/mol. The van der Waals surface area contributed by atoms with Gasteiger partial charge in [0, 0.05) is 17.8 Å². The Morgan fingerprint density at radius 1 is 1.33 bits per heavy atom. The molecule has 2 saturated carbocycles. The van der Waals surface area contributed by atoms with E-state index in [-0.39, 0.29) is 11.9 Å². The molecule has 3 heteroatoms. The van der Waals surface area contributed by atoms with Crippen LogP contribution in [0.3, 0.4) is 0 Å². The van der Waals surface area contributed by atoms with E-state index < -0.39 is 0 Å². The van der Waals surface area contributed by atoms with Crippen molar-refractivity contribution in [3.05, 3.63) is 0 Å². The first-order valence-corrected chi connectivity index (χ1v) is 6.51. The van der Waals surface area contributed by atoms with E-state index in [0.717, 1.165) is 24.7 Å². The second-order valence-electron chi connectivity index (χ2n) is 5.35. The maximum absolute atomic E-state index is 11.9. The summed E-state index contributed by atoms with van der Waals surface area (Å²) in [4.78, 5) is 11.9. The number of carbonyl (C=O) groups is 1. The zero-order chi connectivity index (χ0) is 11.0. The predicted molar refractivity (Wildman–Crippen MR) is 61.8 cm³/mol. The summed E-state index contributed by atoms with van der Waals surface area (Å²) in [5.74, 6) is 3.26. The van der Waals surface area contributed by atoms with Gasteiger partial charge in [0.2, 0.25) is 5.91 Å². The molecule has 2 rings (SSSR count). The highest BCUT2D eigenvalue weighted by Crippen LogP contribution is 2.54. The van der Waals surface area contributed by atoms with Crippen LogP contribution in [0.1, 0.15) is 33.1 Å². The third-order valence-electron chi connectivity index (χ3n) is 4.08. The smallest absolute Gasteiger partial charge is 0.223 e. The Kier molecular flexibility index (Phi) is 3.24. The zero-order valence-electron chi connectivity index (χ0n) is 9.50. The Morgan fingerprint density at radius 3 is 2.47 bits per heavy atom. The lowest BCUT2D eigenvalue weighted by atomic mass is 10.0. The van der Waals surface area contributed by atoms with Crippen molar-refractivity contribution in [2.45, 2.75) is 39.2 Å². The normalized spacial score (nSPS) is 36.9. The van der Waals surface area contributed by atoms with Crippen LogP contribution in [0.4, 0.5) is 0 Å². The van der Waals surface area contributed by atoms with Gasteiger partial charge in [0.1, 0.15) is 0 Å². The summed E-state index contributed by atoms with van der Waals surface area (Å²) in [5, 5.41) is 3.09. The molecule has 1 N–H and O–H groups in total. The average molecular weight is 230 g/mol. The fraction of sp³-hybridized carbons (Fsp3) is 0.917. The molecule has 4 atom stereocenters. The third-order valence-corrected chi connectivity index (χ3v) is 4.57.